The molecule has 100 valence electrons. The molecular weight excluding hydrogens is 242 g/mol. The number of hydrogen-bond donors (Lipinski definition) is 3. The van der Waals surface area contributed by atoms with E-state index in [0.717, 1.165) is 35.9 Å². The number of carbonyl (C=O) groups excluding carboxylic acids is 1. The highest BCUT2D eigenvalue weighted by Crippen LogP contribution is 2.26. The summed E-state index contributed by atoms with van der Waals surface area (Å²) in [5.41, 5.74) is 2.54. The number of rotatable bonds is 4. The van der Waals surface area contributed by atoms with Gasteiger partial charge in [-0.2, -0.15) is 0 Å². The van der Waals surface area contributed by atoms with Gasteiger partial charge in [-0.25, -0.2) is 4.79 Å². The van der Waals surface area contributed by atoms with E-state index in [-0.39, 0.29) is 17.5 Å². The molecular formula is C14H17N3O2. The van der Waals surface area contributed by atoms with Crippen LogP contribution in [0.5, 0.6) is 0 Å². The Kier molecular flexibility index (Phi) is 3.11. The molecule has 1 aromatic heterocycles. The Balaban J connectivity index is 1.58. The number of aromatic amines is 2. The predicted octanol–water partition coefficient (Wildman–Crippen LogP) is 1.31. The van der Waals surface area contributed by atoms with E-state index in [1.54, 1.807) is 0 Å². The van der Waals surface area contributed by atoms with Gasteiger partial charge in [-0.1, -0.05) is 12.5 Å². The molecule has 1 aromatic carbocycles. The molecule has 1 aliphatic rings. The lowest BCUT2D eigenvalue weighted by atomic mass is 9.85. The number of nitrogens with one attached hydrogen (secondary N) is 3. The zero-order valence-corrected chi connectivity index (χ0v) is 10.7. The van der Waals surface area contributed by atoms with Crippen LogP contribution in [-0.2, 0) is 11.2 Å². The summed E-state index contributed by atoms with van der Waals surface area (Å²) in [6.45, 7) is 0.648. The van der Waals surface area contributed by atoms with Crippen molar-refractivity contribution in [3.63, 3.8) is 0 Å². The van der Waals surface area contributed by atoms with E-state index in [0.29, 0.717) is 6.54 Å². The van der Waals surface area contributed by atoms with Gasteiger partial charge in [0.05, 0.1) is 11.0 Å². The van der Waals surface area contributed by atoms with Crippen LogP contribution >= 0.6 is 0 Å². The predicted molar refractivity (Wildman–Crippen MR) is 73.0 cm³/mol. The van der Waals surface area contributed by atoms with E-state index in [2.05, 4.69) is 15.3 Å². The molecule has 1 heterocycles. The molecule has 1 fully saturated rings. The van der Waals surface area contributed by atoms with Crippen molar-refractivity contribution in [2.24, 2.45) is 5.92 Å². The van der Waals surface area contributed by atoms with E-state index in [4.69, 9.17) is 0 Å². The topological polar surface area (TPSA) is 77.8 Å². The van der Waals surface area contributed by atoms with Gasteiger partial charge in [-0.05, 0) is 37.0 Å². The number of aromatic nitrogens is 2. The summed E-state index contributed by atoms with van der Waals surface area (Å²) >= 11 is 0. The molecule has 1 amide bonds. The van der Waals surface area contributed by atoms with Crippen molar-refractivity contribution < 1.29 is 4.79 Å². The molecule has 0 unspecified atom stereocenters. The van der Waals surface area contributed by atoms with Crippen molar-refractivity contribution in [1.82, 2.24) is 15.3 Å². The van der Waals surface area contributed by atoms with Gasteiger partial charge in [0.15, 0.2) is 0 Å². The average molecular weight is 259 g/mol. The molecule has 0 saturated heterocycles. The fourth-order valence-corrected chi connectivity index (χ4v) is 2.38. The second-order valence-corrected chi connectivity index (χ2v) is 5.13. The summed E-state index contributed by atoms with van der Waals surface area (Å²) in [6, 6.07) is 5.81. The molecule has 1 aliphatic carbocycles. The van der Waals surface area contributed by atoms with Crippen LogP contribution in [0.2, 0.25) is 0 Å². The number of H-pyrrole nitrogens is 2. The molecule has 2 aromatic rings. The third-order valence-electron chi connectivity index (χ3n) is 3.77. The van der Waals surface area contributed by atoms with Crippen LogP contribution in [0.3, 0.4) is 0 Å². The summed E-state index contributed by atoms with van der Waals surface area (Å²) < 4.78 is 0. The fraction of sp³-hybridized carbons (Fsp3) is 0.429. The lowest BCUT2D eigenvalue weighted by Gasteiger charge is -2.23. The van der Waals surface area contributed by atoms with Crippen LogP contribution in [-0.4, -0.2) is 22.4 Å². The third kappa shape index (κ3) is 2.54. The van der Waals surface area contributed by atoms with E-state index in [1.165, 1.54) is 6.42 Å². The first kappa shape index (κ1) is 12.0. The summed E-state index contributed by atoms with van der Waals surface area (Å²) in [6.07, 6.45) is 4.02. The van der Waals surface area contributed by atoms with Gasteiger partial charge in [0.1, 0.15) is 0 Å². The molecule has 0 aliphatic heterocycles. The molecule has 1 saturated carbocycles. The van der Waals surface area contributed by atoms with Gasteiger partial charge in [-0.3, -0.25) is 4.79 Å². The largest absolute Gasteiger partial charge is 0.356 e. The van der Waals surface area contributed by atoms with Crippen LogP contribution in [0.4, 0.5) is 0 Å². The fourth-order valence-electron chi connectivity index (χ4n) is 2.38. The molecule has 3 N–H and O–H groups in total. The zero-order valence-electron chi connectivity index (χ0n) is 10.7. The van der Waals surface area contributed by atoms with Crippen molar-refractivity contribution >= 4 is 16.9 Å². The first-order chi connectivity index (χ1) is 9.22. The van der Waals surface area contributed by atoms with Gasteiger partial charge in [0.2, 0.25) is 5.91 Å². The Morgan fingerprint density at radius 1 is 1.26 bits per heavy atom. The Morgan fingerprint density at radius 2 is 2.05 bits per heavy atom. The second kappa shape index (κ2) is 4.91. The average Bonchev–Trinajstić information content (AvgIpc) is 2.66. The van der Waals surface area contributed by atoms with Crippen LogP contribution in [0, 0.1) is 5.92 Å². The maximum absolute atomic E-state index is 11.7. The van der Waals surface area contributed by atoms with Crippen LogP contribution in [0.15, 0.2) is 23.0 Å². The normalized spacial score (nSPS) is 15.4. The number of imidazole rings is 1. The minimum absolute atomic E-state index is 0.183. The molecule has 3 rings (SSSR count). The van der Waals surface area contributed by atoms with Crippen molar-refractivity contribution in [2.45, 2.75) is 25.7 Å². The van der Waals surface area contributed by atoms with Crippen LogP contribution < -0.4 is 11.0 Å². The lowest BCUT2D eigenvalue weighted by Crippen LogP contribution is -2.35. The molecule has 0 bridgehead atoms. The molecule has 0 radical (unpaired) electrons. The van der Waals surface area contributed by atoms with Crippen LogP contribution in [0.25, 0.3) is 11.0 Å². The van der Waals surface area contributed by atoms with Crippen molar-refractivity contribution in [3.05, 3.63) is 34.2 Å². The second-order valence-electron chi connectivity index (χ2n) is 5.13. The van der Waals surface area contributed by atoms with Crippen molar-refractivity contribution in [2.75, 3.05) is 6.54 Å². The van der Waals surface area contributed by atoms with Crippen LogP contribution in [0.1, 0.15) is 24.8 Å². The number of fused-ring (bicyclic) bond motifs is 1. The first-order valence-electron chi connectivity index (χ1n) is 6.71. The first-order valence-corrected chi connectivity index (χ1v) is 6.71. The van der Waals surface area contributed by atoms with E-state index >= 15 is 0 Å². The number of amides is 1. The lowest BCUT2D eigenvalue weighted by molar-refractivity contribution is -0.127. The highest BCUT2D eigenvalue weighted by Gasteiger charge is 2.24. The summed E-state index contributed by atoms with van der Waals surface area (Å²) in [5.74, 6) is 0.422. The highest BCUT2D eigenvalue weighted by atomic mass is 16.2. The molecule has 19 heavy (non-hydrogen) atoms. The smallest absolute Gasteiger partial charge is 0.323 e. The highest BCUT2D eigenvalue weighted by molar-refractivity contribution is 5.79. The Bertz CT molecular complexity index is 652. The SMILES string of the molecule is O=C(NCCc1ccc2[nH]c(=O)[nH]c2c1)C1CCC1. The summed E-state index contributed by atoms with van der Waals surface area (Å²) in [4.78, 5) is 28.3. The Labute approximate surface area is 110 Å². The van der Waals surface area contributed by atoms with Gasteiger partial charge in [-0.15, -0.1) is 0 Å². The number of benzene rings is 1. The summed E-state index contributed by atoms with van der Waals surface area (Å²) in [7, 11) is 0. The van der Waals surface area contributed by atoms with Gasteiger partial charge in [0, 0.05) is 12.5 Å². The van der Waals surface area contributed by atoms with E-state index in [1.807, 2.05) is 18.2 Å². The van der Waals surface area contributed by atoms with Gasteiger partial charge in [0.25, 0.3) is 0 Å². The molecule has 0 spiro atoms. The summed E-state index contributed by atoms with van der Waals surface area (Å²) in [5, 5.41) is 2.97. The number of carbonyl (C=O) groups is 1. The molecule has 0 atom stereocenters. The van der Waals surface area contributed by atoms with Gasteiger partial charge >= 0.3 is 5.69 Å². The Morgan fingerprint density at radius 3 is 2.79 bits per heavy atom. The monoisotopic (exact) mass is 259 g/mol. The maximum atomic E-state index is 11.7. The van der Waals surface area contributed by atoms with Crippen molar-refractivity contribution in [3.8, 4) is 0 Å². The number of hydrogen-bond acceptors (Lipinski definition) is 2. The molecule has 5 heteroatoms. The van der Waals surface area contributed by atoms with Gasteiger partial charge < -0.3 is 15.3 Å². The third-order valence-corrected chi connectivity index (χ3v) is 3.77. The minimum Gasteiger partial charge on any atom is -0.356 e. The zero-order chi connectivity index (χ0) is 13.2. The van der Waals surface area contributed by atoms with E-state index < -0.39 is 0 Å². The minimum atomic E-state index is -0.189. The van der Waals surface area contributed by atoms with Crippen molar-refractivity contribution in [1.29, 1.82) is 0 Å². The standard InChI is InChI=1S/C14H17N3O2/c18-13(10-2-1-3-10)15-7-6-9-4-5-11-12(8-9)17-14(19)16-11/h4-5,8,10H,1-3,6-7H2,(H,15,18)(H2,16,17,19). The maximum Gasteiger partial charge on any atom is 0.323 e. The molecule has 5 nitrogen and oxygen atoms in total. The Hall–Kier alpha value is -2.04. The quantitative estimate of drug-likeness (QED) is 0.774. The van der Waals surface area contributed by atoms with E-state index in [9.17, 15) is 9.59 Å².